The summed E-state index contributed by atoms with van der Waals surface area (Å²) in [7, 11) is 5.52. The standard InChI is InChI=1S/C20H25N3O3/c1-23(2)17-8-6-16(7-9-17)22-20(25)14-19(24)21-13-12-15-4-10-18(26-3)11-5-15/h4-11H,12-14H2,1-3H3,(H,21,24)(H,22,25). The molecule has 0 radical (unpaired) electrons. The Labute approximate surface area is 154 Å². The number of carbonyl (C=O) groups excluding carboxylic acids is 2. The quantitative estimate of drug-likeness (QED) is 0.714. The second-order valence-electron chi connectivity index (χ2n) is 6.11. The van der Waals surface area contributed by atoms with Gasteiger partial charge in [-0.1, -0.05) is 12.1 Å². The minimum Gasteiger partial charge on any atom is -0.497 e. The van der Waals surface area contributed by atoms with Gasteiger partial charge in [0.05, 0.1) is 7.11 Å². The molecule has 0 aliphatic rings. The van der Waals surface area contributed by atoms with Crippen molar-refractivity contribution < 1.29 is 14.3 Å². The Morgan fingerprint density at radius 3 is 2.19 bits per heavy atom. The molecule has 2 amide bonds. The Morgan fingerprint density at radius 1 is 0.962 bits per heavy atom. The lowest BCUT2D eigenvalue weighted by Crippen LogP contribution is -2.29. The molecule has 0 heterocycles. The van der Waals surface area contributed by atoms with E-state index in [2.05, 4.69) is 10.6 Å². The Hall–Kier alpha value is -3.02. The van der Waals surface area contributed by atoms with E-state index in [9.17, 15) is 9.59 Å². The van der Waals surface area contributed by atoms with Crippen LogP contribution < -0.4 is 20.3 Å². The number of nitrogens with one attached hydrogen (secondary N) is 2. The molecule has 0 aliphatic carbocycles. The van der Waals surface area contributed by atoms with Crippen LogP contribution in [0.5, 0.6) is 5.75 Å². The van der Waals surface area contributed by atoms with Gasteiger partial charge in [-0.2, -0.15) is 0 Å². The van der Waals surface area contributed by atoms with Crippen LogP contribution in [0.3, 0.4) is 0 Å². The van der Waals surface area contributed by atoms with Crippen LogP contribution in [0.4, 0.5) is 11.4 Å². The van der Waals surface area contributed by atoms with E-state index >= 15 is 0 Å². The third-order valence-electron chi connectivity index (χ3n) is 3.88. The smallest absolute Gasteiger partial charge is 0.233 e. The number of ether oxygens (including phenoxy) is 1. The summed E-state index contributed by atoms with van der Waals surface area (Å²) in [5.74, 6) is 0.179. The summed E-state index contributed by atoms with van der Waals surface area (Å²) >= 11 is 0. The van der Waals surface area contributed by atoms with E-state index < -0.39 is 0 Å². The van der Waals surface area contributed by atoms with Gasteiger partial charge in [-0.3, -0.25) is 9.59 Å². The zero-order chi connectivity index (χ0) is 18.9. The van der Waals surface area contributed by atoms with Crippen molar-refractivity contribution in [3.63, 3.8) is 0 Å². The number of rotatable bonds is 8. The van der Waals surface area contributed by atoms with Gasteiger partial charge in [-0.05, 0) is 48.4 Å². The molecule has 0 fully saturated rings. The lowest BCUT2D eigenvalue weighted by molar-refractivity contribution is -0.126. The number of methoxy groups -OCH3 is 1. The van der Waals surface area contributed by atoms with Gasteiger partial charge in [-0.15, -0.1) is 0 Å². The number of hydrogen-bond acceptors (Lipinski definition) is 4. The van der Waals surface area contributed by atoms with Crippen LogP contribution >= 0.6 is 0 Å². The van der Waals surface area contributed by atoms with E-state index in [-0.39, 0.29) is 18.2 Å². The molecule has 0 bridgehead atoms. The first-order chi connectivity index (χ1) is 12.5. The molecule has 2 rings (SSSR count). The molecule has 2 aromatic carbocycles. The fraction of sp³-hybridized carbons (Fsp3) is 0.300. The van der Waals surface area contributed by atoms with Crippen molar-refractivity contribution in [2.75, 3.05) is 38.0 Å². The van der Waals surface area contributed by atoms with Crippen LogP contribution in [-0.4, -0.2) is 39.6 Å². The lowest BCUT2D eigenvalue weighted by Gasteiger charge is -2.13. The lowest BCUT2D eigenvalue weighted by atomic mass is 10.1. The average Bonchev–Trinajstić information content (AvgIpc) is 2.62. The van der Waals surface area contributed by atoms with Gasteiger partial charge >= 0.3 is 0 Å². The van der Waals surface area contributed by atoms with E-state index in [0.717, 1.165) is 17.0 Å². The van der Waals surface area contributed by atoms with Gasteiger partial charge in [0.2, 0.25) is 11.8 Å². The van der Waals surface area contributed by atoms with Crippen LogP contribution in [0.2, 0.25) is 0 Å². The van der Waals surface area contributed by atoms with Crippen molar-refractivity contribution in [2.24, 2.45) is 0 Å². The molecule has 0 saturated carbocycles. The predicted molar refractivity (Wildman–Crippen MR) is 104 cm³/mol. The molecule has 0 atom stereocenters. The summed E-state index contributed by atoms with van der Waals surface area (Å²) in [6, 6.07) is 15.1. The van der Waals surface area contributed by atoms with E-state index in [4.69, 9.17) is 4.74 Å². The van der Waals surface area contributed by atoms with Crippen LogP contribution in [0, 0.1) is 0 Å². The Morgan fingerprint density at radius 2 is 1.62 bits per heavy atom. The van der Waals surface area contributed by atoms with Crippen molar-refractivity contribution >= 4 is 23.2 Å². The zero-order valence-corrected chi connectivity index (χ0v) is 15.4. The fourth-order valence-electron chi connectivity index (χ4n) is 2.39. The van der Waals surface area contributed by atoms with Crippen molar-refractivity contribution in [3.05, 3.63) is 54.1 Å². The van der Waals surface area contributed by atoms with Crippen LogP contribution in [0.1, 0.15) is 12.0 Å². The van der Waals surface area contributed by atoms with Crippen LogP contribution in [-0.2, 0) is 16.0 Å². The van der Waals surface area contributed by atoms with Crippen LogP contribution in [0.15, 0.2) is 48.5 Å². The monoisotopic (exact) mass is 355 g/mol. The van der Waals surface area contributed by atoms with E-state index in [0.29, 0.717) is 18.7 Å². The highest BCUT2D eigenvalue weighted by Gasteiger charge is 2.09. The van der Waals surface area contributed by atoms with Gasteiger partial charge in [-0.25, -0.2) is 0 Å². The molecule has 2 N–H and O–H groups in total. The third kappa shape index (κ3) is 6.12. The predicted octanol–water partition coefficient (Wildman–Crippen LogP) is 2.45. The zero-order valence-electron chi connectivity index (χ0n) is 15.4. The molecular formula is C20H25N3O3. The van der Waals surface area contributed by atoms with E-state index in [1.54, 1.807) is 7.11 Å². The minimum atomic E-state index is -0.329. The van der Waals surface area contributed by atoms with Gasteiger partial charge < -0.3 is 20.3 Å². The molecule has 0 aromatic heterocycles. The number of nitrogens with zero attached hydrogens (tertiary/aromatic N) is 1. The highest BCUT2D eigenvalue weighted by atomic mass is 16.5. The molecule has 6 heteroatoms. The molecule has 6 nitrogen and oxygen atoms in total. The molecule has 138 valence electrons. The first kappa shape index (κ1) is 19.3. The van der Waals surface area contributed by atoms with Crippen molar-refractivity contribution in [3.8, 4) is 5.75 Å². The summed E-state index contributed by atoms with van der Waals surface area (Å²) in [6.45, 7) is 0.482. The Kier molecular flexibility index (Phi) is 7.02. The van der Waals surface area contributed by atoms with Crippen molar-refractivity contribution in [1.82, 2.24) is 5.32 Å². The molecule has 0 spiro atoms. The summed E-state index contributed by atoms with van der Waals surface area (Å²) in [4.78, 5) is 25.8. The largest absolute Gasteiger partial charge is 0.497 e. The first-order valence-corrected chi connectivity index (χ1v) is 8.45. The molecule has 0 unspecified atom stereocenters. The number of anilines is 2. The van der Waals surface area contributed by atoms with Gasteiger partial charge in [0.15, 0.2) is 0 Å². The van der Waals surface area contributed by atoms with Gasteiger partial charge in [0.1, 0.15) is 12.2 Å². The van der Waals surface area contributed by atoms with Crippen LogP contribution in [0.25, 0.3) is 0 Å². The van der Waals surface area contributed by atoms with Crippen molar-refractivity contribution in [1.29, 1.82) is 0 Å². The summed E-state index contributed by atoms with van der Waals surface area (Å²) in [6.07, 6.45) is 0.501. The third-order valence-corrected chi connectivity index (χ3v) is 3.88. The molecule has 0 aliphatic heterocycles. The normalized spacial score (nSPS) is 10.1. The molecule has 0 saturated heterocycles. The number of hydrogen-bond donors (Lipinski definition) is 2. The van der Waals surface area contributed by atoms with Gasteiger partial charge in [0.25, 0.3) is 0 Å². The van der Waals surface area contributed by atoms with E-state index in [1.807, 2.05) is 67.5 Å². The second-order valence-corrected chi connectivity index (χ2v) is 6.11. The van der Waals surface area contributed by atoms with Crippen molar-refractivity contribution in [2.45, 2.75) is 12.8 Å². The number of amides is 2. The maximum atomic E-state index is 11.9. The van der Waals surface area contributed by atoms with E-state index in [1.165, 1.54) is 0 Å². The van der Waals surface area contributed by atoms with Gasteiger partial charge in [0, 0.05) is 32.0 Å². The SMILES string of the molecule is COc1ccc(CCNC(=O)CC(=O)Nc2ccc(N(C)C)cc2)cc1. The topological polar surface area (TPSA) is 70.7 Å². The highest BCUT2D eigenvalue weighted by Crippen LogP contribution is 2.15. The first-order valence-electron chi connectivity index (χ1n) is 8.45. The summed E-state index contributed by atoms with van der Waals surface area (Å²) in [5, 5.41) is 5.49. The molecular weight excluding hydrogens is 330 g/mol. The average molecular weight is 355 g/mol. The number of benzene rings is 2. The fourth-order valence-corrected chi connectivity index (χ4v) is 2.39. The number of carbonyl (C=O) groups is 2. The Balaban J connectivity index is 1.71. The minimum absolute atomic E-state index is 0.196. The summed E-state index contributed by atoms with van der Waals surface area (Å²) < 4.78 is 5.11. The Bertz CT molecular complexity index is 725. The summed E-state index contributed by atoms with van der Waals surface area (Å²) in [5.41, 5.74) is 2.81. The maximum Gasteiger partial charge on any atom is 0.233 e. The second kappa shape index (κ2) is 9.46. The molecule has 26 heavy (non-hydrogen) atoms. The molecule has 2 aromatic rings. The highest BCUT2D eigenvalue weighted by molar-refractivity contribution is 6.03. The maximum absolute atomic E-state index is 11.9.